The molecule has 0 bridgehead atoms. The summed E-state index contributed by atoms with van der Waals surface area (Å²) in [6.07, 6.45) is 0.0398. The summed E-state index contributed by atoms with van der Waals surface area (Å²) in [7, 11) is 0. The number of benzene rings is 3. The minimum Gasteiger partial charge on any atom is -0.458 e. The average molecular weight is 290 g/mol. The average Bonchev–Trinajstić information content (AvgIpc) is 2.55. The molecule has 0 N–H and O–H groups in total. The largest absolute Gasteiger partial charge is 0.458 e. The summed E-state index contributed by atoms with van der Waals surface area (Å²) in [5.41, 5.74) is 2.01. The molecule has 3 rings (SSSR count). The summed E-state index contributed by atoms with van der Waals surface area (Å²) in [6, 6.07) is 23.9. The predicted molar refractivity (Wildman–Crippen MR) is 88.6 cm³/mol. The number of esters is 1. The third kappa shape index (κ3) is 3.17. The highest BCUT2D eigenvalue weighted by molar-refractivity contribution is 5.86. The Labute approximate surface area is 130 Å². The fourth-order valence-corrected chi connectivity index (χ4v) is 2.67. The van der Waals surface area contributed by atoms with Crippen LogP contribution in [0, 0.1) is 0 Å². The Morgan fingerprint density at radius 2 is 1.59 bits per heavy atom. The fraction of sp³-hybridized carbons (Fsp3) is 0.150. The van der Waals surface area contributed by atoms with Gasteiger partial charge in [-0.05, 0) is 28.8 Å². The maximum Gasteiger partial charge on any atom is 0.310 e. The molecule has 0 amide bonds. The fourth-order valence-electron chi connectivity index (χ4n) is 2.67. The van der Waals surface area contributed by atoms with Gasteiger partial charge in [0, 0.05) is 0 Å². The van der Waals surface area contributed by atoms with Crippen LogP contribution in [0.4, 0.5) is 0 Å². The summed E-state index contributed by atoms with van der Waals surface area (Å²) in [5, 5.41) is 2.29. The molecule has 22 heavy (non-hydrogen) atoms. The van der Waals surface area contributed by atoms with E-state index in [0.717, 1.165) is 21.9 Å². The molecule has 0 unspecified atom stereocenters. The predicted octanol–water partition coefficient (Wildman–Crippen LogP) is 4.69. The number of ether oxygens (including phenoxy) is 1. The topological polar surface area (TPSA) is 26.3 Å². The molecule has 0 saturated carbocycles. The Hall–Kier alpha value is -2.61. The first-order chi connectivity index (χ1) is 10.7. The standard InChI is InChI=1S/C20H18O2/c1-15(22-20(21)14-16-8-3-2-4-9-16)18-13-7-11-17-10-5-6-12-19(17)18/h2-13,15H,14H2,1H3/t15-/m1/s1. The molecule has 0 aliphatic carbocycles. The van der Waals surface area contributed by atoms with Crippen LogP contribution >= 0.6 is 0 Å². The van der Waals surface area contributed by atoms with Gasteiger partial charge in [0.05, 0.1) is 6.42 Å². The van der Waals surface area contributed by atoms with Crippen LogP contribution < -0.4 is 0 Å². The molecule has 0 aromatic heterocycles. The van der Waals surface area contributed by atoms with Gasteiger partial charge in [-0.1, -0.05) is 72.8 Å². The van der Waals surface area contributed by atoms with E-state index in [4.69, 9.17) is 4.74 Å². The summed E-state index contributed by atoms with van der Waals surface area (Å²) in [4.78, 5) is 12.1. The smallest absolute Gasteiger partial charge is 0.310 e. The van der Waals surface area contributed by atoms with Gasteiger partial charge in [0.15, 0.2) is 0 Å². The monoisotopic (exact) mass is 290 g/mol. The van der Waals surface area contributed by atoms with Gasteiger partial charge in [-0.3, -0.25) is 4.79 Å². The molecule has 0 radical (unpaired) electrons. The van der Waals surface area contributed by atoms with Crippen LogP contribution in [0.5, 0.6) is 0 Å². The highest BCUT2D eigenvalue weighted by Gasteiger charge is 2.14. The molecule has 0 heterocycles. The van der Waals surface area contributed by atoms with Crippen molar-refractivity contribution in [2.45, 2.75) is 19.4 Å². The van der Waals surface area contributed by atoms with E-state index in [2.05, 4.69) is 18.2 Å². The van der Waals surface area contributed by atoms with Crippen molar-refractivity contribution in [3.8, 4) is 0 Å². The highest BCUT2D eigenvalue weighted by atomic mass is 16.5. The number of rotatable bonds is 4. The van der Waals surface area contributed by atoms with E-state index < -0.39 is 0 Å². The highest BCUT2D eigenvalue weighted by Crippen LogP contribution is 2.26. The second-order valence-corrected chi connectivity index (χ2v) is 5.36. The van der Waals surface area contributed by atoms with Crippen LogP contribution in [0.2, 0.25) is 0 Å². The van der Waals surface area contributed by atoms with Gasteiger partial charge in [0.1, 0.15) is 6.10 Å². The van der Waals surface area contributed by atoms with Gasteiger partial charge in [-0.15, -0.1) is 0 Å². The number of hydrogen-bond acceptors (Lipinski definition) is 2. The normalized spacial score (nSPS) is 12.0. The first-order valence-electron chi connectivity index (χ1n) is 7.45. The minimum absolute atomic E-state index is 0.202. The molecule has 2 heteroatoms. The molecular weight excluding hydrogens is 272 g/mol. The molecule has 0 aliphatic heterocycles. The second kappa shape index (κ2) is 6.44. The van der Waals surface area contributed by atoms with Crippen LogP contribution in [0.1, 0.15) is 24.2 Å². The van der Waals surface area contributed by atoms with Crippen LogP contribution in [0.15, 0.2) is 72.8 Å². The first kappa shape index (κ1) is 14.3. The van der Waals surface area contributed by atoms with Crippen molar-refractivity contribution in [2.75, 3.05) is 0 Å². The Kier molecular flexibility index (Phi) is 4.19. The lowest BCUT2D eigenvalue weighted by molar-refractivity contribution is -0.147. The Balaban J connectivity index is 1.76. The molecule has 110 valence electrons. The zero-order valence-electron chi connectivity index (χ0n) is 12.5. The van der Waals surface area contributed by atoms with Gasteiger partial charge in [-0.2, -0.15) is 0 Å². The number of hydrogen-bond donors (Lipinski definition) is 0. The van der Waals surface area contributed by atoms with E-state index in [1.165, 1.54) is 0 Å². The lowest BCUT2D eigenvalue weighted by Gasteiger charge is -2.16. The maximum absolute atomic E-state index is 12.1. The Morgan fingerprint density at radius 3 is 2.41 bits per heavy atom. The zero-order valence-corrected chi connectivity index (χ0v) is 12.5. The SMILES string of the molecule is C[C@@H](OC(=O)Cc1ccccc1)c1cccc2ccccc12. The molecule has 3 aromatic rings. The quantitative estimate of drug-likeness (QED) is 0.652. The van der Waals surface area contributed by atoms with E-state index in [-0.39, 0.29) is 12.1 Å². The van der Waals surface area contributed by atoms with Gasteiger partial charge < -0.3 is 4.74 Å². The van der Waals surface area contributed by atoms with Gasteiger partial charge in [0.2, 0.25) is 0 Å². The lowest BCUT2D eigenvalue weighted by Crippen LogP contribution is -2.11. The van der Waals surface area contributed by atoms with Crippen molar-refractivity contribution in [3.63, 3.8) is 0 Å². The molecule has 0 saturated heterocycles. The number of carbonyl (C=O) groups excluding carboxylic acids is 1. The maximum atomic E-state index is 12.1. The minimum atomic E-state index is -0.262. The Bertz CT molecular complexity index is 773. The van der Waals surface area contributed by atoms with Gasteiger partial charge in [-0.25, -0.2) is 0 Å². The van der Waals surface area contributed by atoms with Crippen molar-refractivity contribution in [1.82, 2.24) is 0 Å². The van der Waals surface area contributed by atoms with Crippen LogP contribution in [-0.2, 0) is 16.0 Å². The van der Waals surface area contributed by atoms with Crippen molar-refractivity contribution in [3.05, 3.63) is 83.9 Å². The van der Waals surface area contributed by atoms with Crippen LogP contribution in [-0.4, -0.2) is 5.97 Å². The summed E-state index contributed by atoms with van der Waals surface area (Å²) < 4.78 is 5.61. The molecule has 2 nitrogen and oxygen atoms in total. The second-order valence-electron chi connectivity index (χ2n) is 5.36. The van der Waals surface area contributed by atoms with Gasteiger partial charge in [0.25, 0.3) is 0 Å². The van der Waals surface area contributed by atoms with Crippen molar-refractivity contribution in [2.24, 2.45) is 0 Å². The summed E-state index contributed by atoms with van der Waals surface area (Å²) in [6.45, 7) is 1.92. The molecule has 0 fully saturated rings. The van der Waals surface area contributed by atoms with Crippen LogP contribution in [0.3, 0.4) is 0 Å². The van der Waals surface area contributed by atoms with Crippen molar-refractivity contribution in [1.29, 1.82) is 0 Å². The molecule has 1 atom stereocenters. The molecule has 0 aliphatic rings. The first-order valence-corrected chi connectivity index (χ1v) is 7.45. The lowest BCUT2D eigenvalue weighted by atomic mass is 10.0. The van der Waals surface area contributed by atoms with E-state index in [0.29, 0.717) is 6.42 Å². The molecule has 3 aromatic carbocycles. The summed E-state index contributed by atoms with van der Waals surface area (Å²) >= 11 is 0. The molecule has 0 spiro atoms. The molecular formula is C20H18O2. The third-order valence-electron chi connectivity index (χ3n) is 3.76. The third-order valence-corrected chi connectivity index (χ3v) is 3.76. The number of carbonyl (C=O) groups is 1. The Morgan fingerprint density at radius 1 is 0.909 bits per heavy atom. The van der Waals surface area contributed by atoms with E-state index in [9.17, 15) is 4.79 Å². The van der Waals surface area contributed by atoms with Crippen molar-refractivity contribution >= 4 is 16.7 Å². The number of fused-ring (bicyclic) bond motifs is 1. The van der Waals surface area contributed by atoms with Gasteiger partial charge >= 0.3 is 5.97 Å². The zero-order chi connectivity index (χ0) is 15.4. The van der Waals surface area contributed by atoms with E-state index >= 15 is 0 Å². The van der Waals surface area contributed by atoms with Crippen molar-refractivity contribution < 1.29 is 9.53 Å². The van der Waals surface area contributed by atoms with Crippen LogP contribution in [0.25, 0.3) is 10.8 Å². The van der Waals surface area contributed by atoms with E-state index in [1.807, 2.05) is 61.5 Å². The summed E-state index contributed by atoms with van der Waals surface area (Å²) in [5.74, 6) is -0.202. The van der Waals surface area contributed by atoms with E-state index in [1.54, 1.807) is 0 Å².